The van der Waals surface area contributed by atoms with Gasteiger partial charge in [0.15, 0.2) is 17.5 Å². The molecule has 0 saturated carbocycles. The van der Waals surface area contributed by atoms with Crippen LogP contribution in [0.15, 0.2) is 24.7 Å². The zero-order valence-corrected chi connectivity index (χ0v) is 8.99. The second-order valence-electron chi connectivity index (χ2n) is 3.70. The van der Waals surface area contributed by atoms with Crippen LogP contribution >= 0.6 is 0 Å². The maximum atomic E-state index is 13.1. The summed E-state index contributed by atoms with van der Waals surface area (Å²) in [5.41, 5.74) is 6.40. The molecule has 2 N–H and O–H groups in total. The van der Waals surface area contributed by atoms with Gasteiger partial charge in [-0.1, -0.05) is 0 Å². The number of halogens is 3. The van der Waals surface area contributed by atoms with Gasteiger partial charge in [-0.2, -0.15) is 0 Å². The number of nitrogens with two attached hydrogens (primary N) is 1. The zero-order valence-electron chi connectivity index (χ0n) is 8.99. The van der Waals surface area contributed by atoms with Gasteiger partial charge in [0.25, 0.3) is 0 Å². The van der Waals surface area contributed by atoms with Gasteiger partial charge in [-0.05, 0) is 6.92 Å². The summed E-state index contributed by atoms with van der Waals surface area (Å²) in [5, 5.41) is 0. The lowest BCUT2D eigenvalue weighted by atomic mass is 10.2. The highest BCUT2D eigenvalue weighted by Crippen LogP contribution is 2.20. The molecule has 2 aromatic rings. The fourth-order valence-corrected chi connectivity index (χ4v) is 1.54. The first kappa shape index (κ1) is 11.7. The van der Waals surface area contributed by atoms with Gasteiger partial charge < -0.3 is 10.3 Å². The molecular formula is C11H10F3N3. The molecule has 6 heteroatoms. The molecule has 1 atom stereocenters. The third kappa shape index (κ3) is 2.03. The average molecular weight is 241 g/mol. The summed E-state index contributed by atoms with van der Waals surface area (Å²) < 4.78 is 40.4. The van der Waals surface area contributed by atoms with Crippen molar-refractivity contribution >= 4 is 0 Å². The van der Waals surface area contributed by atoms with Crippen LogP contribution in [-0.4, -0.2) is 9.55 Å². The second-order valence-corrected chi connectivity index (χ2v) is 3.70. The van der Waals surface area contributed by atoms with Crippen LogP contribution < -0.4 is 5.73 Å². The van der Waals surface area contributed by atoms with Gasteiger partial charge in [-0.25, -0.2) is 18.2 Å². The minimum Gasteiger partial charge on any atom is -0.323 e. The molecule has 0 bridgehead atoms. The van der Waals surface area contributed by atoms with Crippen molar-refractivity contribution in [3.63, 3.8) is 0 Å². The van der Waals surface area contributed by atoms with Gasteiger partial charge in [0.1, 0.15) is 0 Å². The Balaban J connectivity index is 2.57. The summed E-state index contributed by atoms with van der Waals surface area (Å²) in [6.07, 6.45) is 2.86. The maximum absolute atomic E-state index is 13.1. The normalized spacial score (nSPS) is 12.8. The zero-order chi connectivity index (χ0) is 12.6. The van der Waals surface area contributed by atoms with Crippen LogP contribution in [0.4, 0.5) is 13.2 Å². The fourth-order valence-electron chi connectivity index (χ4n) is 1.54. The lowest BCUT2D eigenvalue weighted by Crippen LogP contribution is -2.11. The van der Waals surface area contributed by atoms with Gasteiger partial charge in [0.2, 0.25) is 0 Å². The van der Waals surface area contributed by atoms with Crippen LogP contribution in [0.3, 0.4) is 0 Å². The highest BCUT2D eigenvalue weighted by Gasteiger charge is 2.14. The van der Waals surface area contributed by atoms with Crippen molar-refractivity contribution in [3.8, 4) is 5.69 Å². The van der Waals surface area contributed by atoms with Gasteiger partial charge in [-0.3, -0.25) is 0 Å². The highest BCUT2D eigenvalue weighted by atomic mass is 19.2. The van der Waals surface area contributed by atoms with Crippen LogP contribution in [0.25, 0.3) is 5.69 Å². The fraction of sp³-hybridized carbons (Fsp3) is 0.182. The molecule has 0 radical (unpaired) electrons. The van der Waals surface area contributed by atoms with E-state index in [1.807, 2.05) is 0 Å². The van der Waals surface area contributed by atoms with Crippen molar-refractivity contribution in [3.05, 3.63) is 47.8 Å². The molecule has 0 aliphatic rings. The van der Waals surface area contributed by atoms with Crippen LogP contribution in [-0.2, 0) is 0 Å². The molecule has 0 aliphatic heterocycles. The molecule has 0 unspecified atom stereocenters. The molecule has 1 aromatic heterocycles. The Morgan fingerprint density at radius 2 is 1.82 bits per heavy atom. The minimum atomic E-state index is -1.49. The molecule has 90 valence electrons. The van der Waals surface area contributed by atoms with Crippen LogP contribution in [0.5, 0.6) is 0 Å². The van der Waals surface area contributed by atoms with E-state index in [-0.39, 0.29) is 11.7 Å². The summed E-state index contributed by atoms with van der Waals surface area (Å²) >= 11 is 0. The van der Waals surface area contributed by atoms with E-state index in [1.165, 1.54) is 17.1 Å². The Hall–Kier alpha value is -1.82. The predicted molar refractivity (Wildman–Crippen MR) is 56.0 cm³/mol. The van der Waals surface area contributed by atoms with Crippen LogP contribution in [0, 0.1) is 17.5 Å². The molecule has 0 aliphatic carbocycles. The number of imidazole rings is 1. The van der Waals surface area contributed by atoms with Gasteiger partial charge in [0.05, 0.1) is 23.9 Å². The van der Waals surface area contributed by atoms with E-state index in [0.717, 1.165) is 12.1 Å². The summed E-state index contributed by atoms with van der Waals surface area (Å²) in [6.45, 7) is 1.71. The average Bonchev–Trinajstić information content (AvgIpc) is 2.74. The lowest BCUT2D eigenvalue weighted by molar-refractivity contribution is 0.446. The standard InChI is InChI=1S/C11H10F3N3/c1-6(15)10-4-16-5-17(10)7-2-8(12)11(14)9(13)3-7/h2-6H,15H2,1H3/t6-/m0/s1. The number of nitrogens with zero attached hydrogens (tertiary/aromatic N) is 2. The Morgan fingerprint density at radius 3 is 2.35 bits per heavy atom. The maximum Gasteiger partial charge on any atom is 0.194 e. The molecule has 0 amide bonds. The van der Waals surface area contributed by atoms with Crippen molar-refractivity contribution in [1.82, 2.24) is 9.55 Å². The van der Waals surface area contributed by atoms with E-state index in [1.54, 1.807) is 6.92 Å². The van der Waals surface area contributed by atoms with E-state index in [4.69, 9.17) is 5.73 Å². The van der Waals surface area contributed by atoms with E-state index in [2.05, 4.69) is 4.98 Å². The largest absolute Gasteiger partial charge is 0.323 e. The molecule has 1 aromatic carbocycles. The van der Waals surface area contributed by atoms with E-state index in [0.29, 0.717) is 5.69 Å². The molecule has 17 heavy (non-hydrogen) atoms. The summed E-state index contributed by atoms with van der Waals surface area (Å²) in [7, 11) is 0. The van der Waals surface area contributed by atoms with Crippen molar-refractivity contribution in [1.29, 1.82) is 0 Å². The van der Waals surface area contributed by atoms with Crippen molar-refractivity contribution in [2.45, 2.75) is 13.0 Å². The number of benzene rings is 1. The van der Waals surface area contributed by atoms with E-state index >= 15 is 0 Å². The first-order valence-corrected chi connectivity index (χ1v) is 4.93. The molecule has 0 fully saturated rings. The van der Waals surface area contributed by atoms with Crippen LogP contribution in [0.1, 0.15) is 18.7 Å². The number of hydrogen-bond acceptors (Lipinski definition) is 2. The van der Waals surface area contributed by atoms with Gasteiger partial charge in [-0.15, -0.1) is 0 Å². The molecule has 0 saturated heterocycles. The first-order chi connectivity index (χ1) is 8.00. The monoisotopic (exact) mass is 241 g/mol. The quantitative estimate of drug-likeness (QED) is 0.820. The lowest BCUT2D eigenvalue weighted by Gasteiger charge is -2.11. The molecule has 3 nitrogen and oxygen atoms in total. The summed E-state index contributed by atoms with van der Waals surface area (Å²) in [6, 6.07) is 1.44. The summed E-state index contributed by atoms with van der Waals surface area (Å²) in [4.78, 5) is 3.85. The van der Waals surface area contributed by atoms with Gasteiger partial charge in [0, 0.05) is 18.2 Å². The van der Waals surface area contributed by atoms with E-state index < -0.39 is 17.5 Å². The minimum absolute atomic E-state index is 0.145. The second kappa shape index (κ2) is 4.21. The smallest absolute Gasteiger partial charge is 0.194 e. The van der Waals surface area contributed by atoms with Crippen molar-refractivity contribution < 1.29 is 13.2 Å². The topological polar surface area (TPSA) is 43.8 Å². The Morgan fingerprint density at radius 1 is 1.24 bits per heavy atom. The highest BCUT2D eigenvalue weighted by molar-refractivity contribution is 5.35. The number of aromatic nitrogens is 2. The third-order valence-corrected chi connectivity index (χ3v) is 2.38. The van der Waals surface area contributed by atoms with Crippen molar-refractivity contribution in [2.24, 2.45) is 5.73 Å². The molecular weight excluding hydrogens is 231 g/mol. The Kier molecular flexibility index (Phi) is 2.89. The molecule has 2 rings (SSSR count). The Labute approximate surface area is 95.7 Å². The van der Waals surface area contributed by atoms with Crippen molar-refractivity contribution in [2.75, 3.05) is 0 Å². The molecule has 0 spiro atoms. The third-order valence-electron chi connectivity index (χ3n) is 2.38. The SMILES string of the molecule is C[C@H](N)c1cncn1-c1cc(F)c(F)c(F)c1. The summed E-state index contributed by atoms with van der Waals surface area (Å²) in [5.74, 6) is -3.98. The first-order valence-electron chi connectivity index (χ1n) is 4.93. The number of rotatable bonds is 2. The van der Waals surface area contributed by atoms with Gasteiger partial charge >= 0.3 is 0 Å². The molecule has 1 heterocycles. The number of hydrogen-bond donors (Lipinski definition) is 1. The van der Waals surface area contributed by atoms with Crippen LogP contribution in [0.2, 0.25) is 0 Å². The van der Waals surface area contributed by atoms with E-state index in [9.17, 15) is 13.2 Å². The predicted octanol–water partition coefficient (Wildman–Crippen LogP) is 2.31. The Bertz CT molecular complexity index is 526.